The quantitative estimate of drug-likeness (QED) is 0.755. The molecule has 0 amide bonds. The third-order valence-corrected chi connectivity index (χ3v) is 4.53. The number of carbonyl (C=O) groups excluding carboxylic acids is 1. The van der Waals surface area contributed by atoms with E-state index in [1.54, 1.807) is 6.20 Å². The molecule has 21 heavy (non-hydrogen) atoms. The summed E-state index contributed by atoms with van der Waals surface area (Å²) in [4.78, 5) is 20.1. The molecule has 0 aliphatic carbocycles. The topological polar surface area (TPSA) is 36.4 Å². The second-order valence-corrected chi connectivity index (χ2v) is 5.94. The first-order valence-corrected chi connectivity index (χ1v) is 8.07. The highest BCUT2D eigenvalue weighted by atomic mass is 16.1. The molecule has 1 aliphatic heterocycles. The van der Waals surface area contributed by atoms with E-state index < -0.39 is 0 Å². The van der Waals surface area contributed by atoms with Gasteiger partial charge in [0.25, 0.3) is 0 Å². The third-order valence-electron chi connectivity index (χ3n) is 4.53. The van der Waals surface area contributed by atoms with Crippen LogP contribution in [0.4, 0.5) is 5.82 Å². The van der Waals surface area contributed by atoms with Crippen LogP contribution in [0, 0.1) is 12.8 Å². The first-order chi connectivity index (χ1) is 10.2. The van der Waals surface area contributed by atoms with Crippen molar-refractivity contribution in [3.8, 4) is 0 Å². The Bertz CT molecular complexity index is 463. The maximum absolute atomic E-state index is 10.8. The van der Waals surface area contributed by atoms with Gasteiger partial charge in [0.15, 0.2) is 6.29 Å². The number of aromatic nitrogens is 1. The molecule has 2 heterocycles. The molecule has 0 saturated carbocycles. The lowest BCUT2D eigenvalue weighted by molar-refractivity contribution is 0.112. The van der Waals surface area contributed by atoms with Crippen molar-refractivity contribution in [1.82, 2.24) is 9.88 Å². The van der Waals surface area contributed by atoms with Crippen LogP contribution in [0.2, 0.25) is 0 Å². The summed E-state index contributed by atoms with van der Waals surface area (Å²) in [5.41, 5.74) is 1.76. The minimum Gasteiger partial charge on any atom is -0.356 e. The first-order valence-electron chi connectivity index (χ1n) is 8.07. The van der Waals surface area contributed by atoms with E-state index >= 15 is 0 Å². The molecular weight excluding hydrogens is 262 g/mol. The third kappa shape index (κ3) is 4.03. The lowest BCUT2D eigenvalue weighted by Gasteiger charge is -2.35. The highest BCUT2D eigenvalue weighted by molar-refractivity contribution is 5.75. The van der Waals surface area contributed by atoms with E-state index in [0.717, 1.165) is 49.8 Å². The van der Waals surface area contributed by atoms with Crippen molar-refractivity contribution in [2.75, 3.05) is 37.6 Å². The molecule has 0 aromatic carbocycles. The van der Waals surface area contributed by atoms with Crippen molar-refractivity contribution in [3.63, 3.8) is 0 Å². The number of aldehydes is 1. The number of anilines is 1. The smallest absolute Gasteiger partial charge is 0.151 e. The lowest BCUT2D eigenvalue weighted by atomic mass is 9.96. The molecule has 1 aliphatic rings. The van der Waals surface area contributed by atoms with Crippen LogP contribution in [0.1, 0.15) is 42.6 Å². The first kappa shape index (κ1) is 16.0. The fourth-order valence-electron chi connectivity index (χ4n) is 3.16. The predicted octanol–water partition coefficient (Wildman–Crippen LogP) is 2.76. The Morgan fingerprint density at radius 2 is 2.00 bits per heavy atom. The standard InChI is InChI=1S/C17H27N3O/c1-4-19(5-2)12-15-6-8-20(9-7-15)17-14(3)10-16(13-21)11-18-17/h10-11,13,15H,4-9,12H2,1-3H3. The number of carbonyl (C=O) groups is 1. The van der Waals surface area contributed by atoms with Crippen LogP contribution in [0.3, 0.4) is 0 Å². The van der Waals surface area contributed by atoms with Gasteiger partial charge in [0, 0.05) is 31.4 Å². The van der Waals surface area contributed by atoms with E-state index in [-0.39, 0.29) is 0 Å². The molecule has 1 aromatic rings. The molecular formula is C17H27N3O. The van der Waals surface area contributed by atoms with Crippen molar-refractivity contribution < 1.29 is 4.79 Å². The van der Waals surface area contributed by atoms with Gasteiger partial charge in [0.2, 0.25) is 0 Å². The summed E-state index contributed by atoms with van der Waals surface area (Å²) in [5, 5.41) is 0. The molecule has 0 atom stereocenters. The average molecular weight is 289 g/mol. The van der Waals surface area contributed by atoms with E-state index in [1.807, 2.05) is 13.0 Å². The molecule has 0 radical (unpaired) electrons. The zero-order valence-corrected chi connectivity index (χ0v) is 13.5. The molecule has 0 N–H and O–H groups in total. The Morgan fingerprint density at radius 3 is 2.52 bits per heavy atom. The van der Waals surface area contributed by atoms with Gasteiger partial charge in [-0.2, -0.15) is 0 Å². The summed E-state index contributed by atoms with van der Waals surface area (Å²) in [6, 6.07) is 1.93. The zero-order valence-electron chi connectivity index (χ0n) is 13.5. The second-order valence-electron chi connectivity index (χ2n) is 5.94. The summed E-state index contributed by atoms with van der Waals surface area (Å²) >= 11 is 0. The van der Waals surface area contributed by atoms with Gasteiger partial charge in [-0.25, -0.2) is 4.98 Å². The number of hydrogen-bond donors (Lipinski definition) is 0. The number of pyridine rings is 1. The Morgan fingerprint density at radius 1 is 1.33 bits per heavy atom. The van der Waals surface area contributed by atoms with Gasteiger partial charge in [-0.1, -0.05) is 13.8 Å². The van der Waals surface area contributed by atoms with Crippen LogP contribution >= 0.6 is 0 Å². The van der Waals surface area contributed by atoms with E-state index in [1.165, 1.54) is 19.4 Å². The summed E-state index contributed by atoms with van der Waals surface area (Å²) in [7, 11) is 0. The van der Waals surface area contributed by atoms with Gasteiger partial charge < -0.3 is 9.80 Å². The fraction of sp³-hybridized carbons (Fsp3) is 0.647. The maximum Gasteiger partial charge on any atom is 0.151 e. The molecule has 116 valence electrons. The summed E-state index contributed by atoms with van der Waals surface area (Å²) < 4.78 is 0. The van der Waals surface area contributed by atoms with Crippen molar-refractivity contribution in [3.05, 3.63) is 23.4 Å². The molecule has 0 spiro atoms. The normalized spacial score (nSPS) is 16.5. The van der Waals surface area contributed by atoms with Crippen LogP contribution in [0.25, 0.3) is 0 Å². The van der Waals surface area contributed by atoms with Crippen LogP contribution in [-0.4, -0.2) is 48.9 Å². The summed E-state index contributed by atoms with van der Waals surface area (Å²) in [5.74, 6) is 1.84. The summed E-state index contributed by atoms with van der Waals surface area (Å²) in [6.45, 7) is 12.2. The Hall–Kier alpha value is -1.42. The number of hydrogen-bond acceptors (Lipinski definition) is 4. The van der Waals surface area contributed by atoms with Crippen LogP contribution in [0.5, 0.6) is 0 Å². The average Bonchev–Trinajstić information content (AvgIpc) is 2.53. The SMILES string of the molecule is CCN(CC)CC1CCN(c2ncc(C=O)cc2C)CC1. The lowest BCUT2D eigenvalue weighted by Crippen LogP contribution is -2.39. The van der Waals surface area contributed by atoms with Gasteiger partial charge in [-0.05, 0) is 50.4 Å². The fourth-order valence-corrected chi connectivity index (χ4v) is 3.16. The monoisotopic (exact) mass is 289 g/mol. The molecule has 4 nitrogen and oxygen atoms in total. The van der Waals surface area contributed by atoms with Gasteiger partial charge >= 0.3 is 0 Å². The van der Waals surface area contributed by atoms with E-state index in [2.05, 4.69) is 28.6 Å². The number of piperidine rings is 1. The molecule has 1 aromatic heterocycles. The molecule has 0 bridgehead atoms. The molecule has 1 fully saturated rings. The molecule has 0 unspecified atom stereocenters. The second kappa shape index (κ2) is 7.55. The van der Waals surface area contributed by atoms with Gasteiger partial charge in [0.1, 0.15) is 5.82 Å². The largest absolute Gasteiger partial charge is 0.356 e. The van der Waals surface area contributed by atoms with E-state index in [9.17, 15) is 4.79 Å². The maximum atomic E-state index is 10.8. The van der Waals surface area contributed by atoms with Crippen molar-refractivity contribution in [1.29, 1.82) is 0 Å². The number of rotatable bonds is 6. The van der Waals surface area contributed by atoms with Gasteiger partial charge in [-0.3, -0.25) is 4.79 Å². The minimum absolute atomic E-state index is 0.660. The predicted molar refractivity (Wildman–Crippen MR) is 87.1 cm³/mol. The molecule has 2 rings (SSSR count). The minimum atomic E-state index is 0.660. The van der Waals surface area contributed by atoms with Gasteiger partial charge in [-0.15, -0.1) is 0 Å². The van der Waals surface area contributed by atoms with Crippen LogP contribution in [-0.2, 0) is 0 Å². The number of nitrogens with zero attached hydrogens (tertiary/aromatic N) is 3. The summed E-state index contributed by atoms with van der Waals surface area (Å²) in [6.07, 6.45) is 5.00. The van der Waals surface area contributed by atoms with Gasteiger partial charge in [0.05, 0.1) is 0 Å². The van der Waals surface area contributed by atoms with Crippen molar-refractivity contribution in [2.24, 2.45) is 5.92 Å². The van der Waals surface area contributed by atoms with Crippen molar-refractivity contribution in [2.45, 2.75) is 33.6 Å². The highest BCUT2D eigenvalue weighted by Crippen LogP contribution is 2.25. The highest BCUT2D eigenvalue weighted by Gasteiger charge is 2.22. The Kier molecular flexibility index (Phi) is 5.74. The van der Waals surface area contributed by atoms with Crippen molar-refractivity contribution >= 4 is 12.1 Å². The molecule has 4 heteroatoms. The zero-order chi connectivity index (χ0) is 15.2. The van der Waals surface area contributed by atoms with E-state index in [4.69, 9.17) is 0 Å². The Balaban J connectivity index is 1.93. The van der Waals surface area contributed by atoms with Crippen LogP contribution < -0.4 is 4.90 Å². The number of aryl methyl sites for hydroxylation is 1. The molecule has 1 saturated heterocycles. The Labute approximate surface area is 128 Å². The van der Waals surface area contributed by atoms with E-state index in [0.29, 0.717) is 5.56 Å². The van der Waals surface area contributed by atoms with Crippen LogP contribution in [0.15, 0.2) is 12.3 Å².